The van der Waals surface area contributed by atoms with Gasteiger partial charge in [-0.15, -0.1) is 0 Å². The lowest BCUT2D eigenvalue weighted by Crippen LogP contribution is -2.49. The quantitative estimate of drug-likeness (QED) is 0.136. The van der Waals surface area contributed by atoms with Crippen molar-refractivity contribution in [2.24, 2.45) is 5.73 Å². The fraction of sp³-hybridized carbons (Fsp3) is 0.346. The third-order valence-corrected chi connectivity index (χ3v) is 5.75. The number of aliphatic carboxylic acids is 2. The molecule has 1 aliphatic rings. The average Bonchev–Trinajstić information content (AvgIpc) is 3.42. The van der Waals surface area contributed by atoms with Crippen LogP contribution in [0.15, 0.2) is 48.5 Å². The van der Waals surface area contributed by atoms with Gasteiger partial charge in [-0.2, -0.15) is 26.3 Å². The second-order valence-corrected chi connectivity index (χ2v) is 9.09. The van der Waals surface area contributed by atoms with E-state index in [1.54, 1.807) is 13.0 Å². The maximum absolute atomic E-state index is 13.9. The molecule has 2 amide bonds. The highest BCUT2D eigenvalue weighted by Crippen LogP contribution is 2.25. The van der Waals surface area contributed by atoms with Gasteiger partial charge in [0.1, 0.15) is 17.7 Å². The lowest BCUT2D eigenvalue weighted by molar-refractivity contribution is -0.193. The summed E-state index contributed by atoms with van der Waals surface area (Å²) in [4.78, 5) is 42.6. The number of carboxylic acid groups (broad SMARTS) is 2. The fourth-order valence-electron chi connectivity index (χ4n) is 3.52. The highest BCUT2D eigenvalue weighted by atomic mass is 19.4. The molecule has 1 aliphatic heterocycles. The van der Waals surface area contributed by atoms with E-state index in [1.165, 1.54) is 17.7 Å². The summed E-state index contributed by atoms with van der Waals surface area (Å²) in [6.07, 6.45) is -9.49. The molecule has 0 radical (unpaired) electrons. The van der Waals surface area contributed by atoms with Gasteiger partial charge in [-0.1, -0.05) is 36.4 Å². The van der Waals surface area contributed by atoms with Crippen molar-refractivity contribution in [2.45, 2.75) is 50.2 Å². The molecule has 0 unspecified atom stereocenters. The number of nitrogens with one attached hydrogen (secondary N) is 4. The van der Waals surface area contributed by atoms with E-state index < -0.39 is 36.2 Å². The van der Waals surface area contributed by atoms with E-state index in [0.717, 1.165) is 0 Å². The molecule has 1 fully saturated rings. The van der Waals surface area contributed by atoms with E-state index in [0.29, 0.717) is 18.5 Å². The molecule has 8 N–H and O–H groups in total. The Kier molecular flexibility index (Phi) is 13.7. The minimum Gasteiger partial charge on any atom is -0.475 e. The van der Waals surface area contributed by atoms with E-state index in [4.69, 9.17) is 30.9 Å². The minimum atomic E-state index is -5.08. The number of alkyl halides is 6. The van der Waals surface area contributed by atoms with E-state index in [1.807, 2.05) is 18.2 Å². The third kappa shape index (κ3) is 12.6. The normalized spacial score (nSPS) is 16.6. The number of halogens is 7. The summed E-state index contributed by atoms with van der Waals surface area (Å²) in [6.45, 7) is 2.42. The number of amides is 2. The highest BCUT2D eigenvalue weighted by molar-refractivity contribution is 5.95. The van der Waals surface area contributed by atoms with Gasteiger partial charge >= 0.3 is 24.3 Å². The first-order valence-corrected chi connectivity index (χ1v) is 12.3. The zero-order valence-corrected chi connectivity index (χ0v) is 22.7. The van der Waals surface area contributed by atoms with Crippen LogP contribution in [-0.2, 0) is 25.7 Å². The Morgan fingerprint density at radius 3 is 1.98 bits per heavy atom. The number of nitrogens with two attached hydrogens (primary N) is 1. The molecule has 1 heterocycles. The topological polar surface area (TPSA) is 195 Å². The molecule has 242 valence electrons. The smallest absolute Gasteiger partial charge is 0.475 e. The Labute approximate surface area is 245 Å². The first kappa shape index (κ1) is 37.3. The van der Waals surface area contributed by atoms with Crippen LogP contribution >= 0.6 is 0 Å². The van der Waals surface area contributed by atoms with Gasteiger partial charge in [-0.05, 0) is 42.5 Å². The van der Waals surface area contributed by atoms with Crippen molar-refractivity contribution in [3.63, 3.8) is 0 Å². The first-order valence-electron chi connectivity index (χ1n) is 12.3. The van der Waals surface area contributed by atoms with Crippen molar-refractivity contribution < 1.29 is 60.1 Å². The molecule has 2 aromatic carbocycles. The van der Waals surface area contributed by atoms with Gasteiger partial charge in [0.2, 0.25) is 11.8 Å². The molecule has 0 spiro atoms. The zero-order valence-electron chi connectivity index (χ0n) is 22.7. The summed E-state index contributed by atoms with van der Waals surface area (Å²) in [5, 5.41) is 30.2. The van der Waals surface area contributed by atoms with Crippen molar-refractivity contribution in [3.8, 4) is 0 Å². The van der Waals surface area contributed by atoms with E-state index in [-0.39, 0.29) is 41.7 Å². The van der Waals surface area contributed by atoms with Crippen molar-refractivity contribution in [1.29, 1.82) is 5.41 Å². The van der Waals surface area contributed by atoms with Gasteiger partial charge in [0.25, 0.3) is 0 Å². The van der Waals surface area contributed by atoms with Gasteiger partial charge in [0.15, 0.2) is 0 Å². The molecule has 18 heteroatoms. The average molecular weight is 640 g/mol. The summed E-state index contributed by atoms with van der Waals surface area (Å²) < 4.78 is 77.4. The van der Waals surface area contributed by atoms with E-state index >= 15 is 0 Å². The third-order valence-electron chi connectivity index (χ3n) is 5.75. The molecule has 1 saturated heterocycles. The summed E-state index contributed by atoms with van der Waals surface area (Å²) in [6, 6.07) is 13.2. The summed E-state index contributed by atoms with van der Waals surface area (Å²) in [7, 11) is 0. The number of rotatable bonds is 7. The molecular formula is C26H28F7N5O6. The predicted octanol–water partition coefficient (Wildman–Crippen LogP) is 2.64. The summed E-state index contributed by atoms with van der Waals surface area (Å²) in [5.41, 5.74) is 7.04. The molecule has 3 rings (SSSR count). The molecule has 44 heavy (non-hydrogen) atoms. The van der Waals surface area contributed by atoms with Crippen LogP contribution in [0.25, 0.3) is 0 Å². The van der Waals surface area contributed by atoms with Crippen LogP contribution in [-0.4, -0.2) is 70.8 Å². The molecule has 3 atom stereocenters. The second kappa shape index (κ2) is 16.2. The van der Waals surface area contributed by atoms with Crippen molar-refractivity contribution >= 4 is 29.6 Å². The highest BCUT2D eigenvalue weighted by Gasteiger charge is 2.39. The lowest BCUT2D eigenvalue weighted by Gasteiger charge is -2.17. The van der Waals surface area contributed by atoms with Gasteiger partial charge in [0.05, 0.1) is 11.6 Å². The minimum absolute atomic E-state index is 0.0172. The van der Waals surface area contributed by atoms with Crippen LogP contribution in [0.5, 0.6) is 0 Å². The Morgan fingerprint density at radius 1 is 1.00 bits per heavy atom. The fourth-order valence-corrected chi connectivity index (χ4v) is 3.52. The van der Waals surface area contributed by atoms with E-state index in [9.17, 15) is 40.3 Å². The number of benzene rings is 2. The van der Waals surface area contributed by atoms with Crippen LogP contribution in [0, 0.1) is 11.2 Å². The van der Waals surface area contributed by atoms with Crippen molar-refractivity contribution in [1.82, 2.24) is 16.0 Å². The SMILES string of the molecule is C[C@H](NC(=O)[C@H]1C[C@H](c2ccccc2)CN1)C(=O)NCc1ccc(C(=N)N)c(F)c1.O=C(O)C(F)(F)F.O=C(O)C(F)(F)F. The number of nitrogen functional groups attached to an aromatic ring is 1. The summed E-state index contributed by atoms with van der Waals surface area (Å²) >= 11 is 0. The monoisotopic (exact) mass is 639 g/mol. The van der Waals surface area contributed by atoms with Gasteiger partial charge in [-0.25, -0.2) is 14.0 Å². The molecule has 2 aromatic rings. The van der Waals surface area contributed by atoms with Crippen LogP contribution < -0.4 is 21.7 Å². The van der Waals surface area contributed by atoms with Gasteiger partial charge < -0.3 is 31.9 Å². The van der Waals surface area contributed by atoms with Gasteiger partial charge in [0, 0.05) is 13.1 Å². The Hall–Kier alpha value is -4.74. The Balaban J connectivity index is 0.000000574. The zero-order chi connectivity index (χ0) is 33.8. The number of hydrogen-bond donors (Lipinski definition) is 7. The van der Waals surface area contributed by atoms with E-state index in [2.05, 4.69) is 28.1 Å². The Bertz CT molecular complexity index is 1300. The van der Waals surface area contributed by atoms with Crippen LogP contribution in [0.3, 0.4) is 0 Å². The van der Waals surface area contributed by atoms with Crippen LogP contribution in [0.2, 0.25) is 0 Å². The molecule has 0 saturated carbocycles. The van der Waals surface area contributed by atoms with Gasteiger partial charge in [-0.3, -0.25) is 15.0 Å². The molecular weight excluding hydrogens is 611 g/mol. The van der Waals surface area contributed by atoms with Crippen LogP contribution in [0.4, 0.5) is 30.7 Å². The number of carbonyl (C=O) groups excluding carboxylic acids is 2. The molecule has 0 aromatic heterocycles. The first-order chi connectivity index (χ1) is 20.2. The summed E-state index contributed by atoms with van der Waals surface area (Å²) in [5.74, 6) is -6.80. The van der Waals surface area contributed by atoms with Crippen molar-refractivity contribution in [2.75, 3.05) is 6.54 Å². The molecule has 0 bridgehead atoms. The molecule has 11 nitrogen and oxygen atoms in total. The van der Waals surface area contributed by atoms with Crippen molar-refractivity contribution in [3.05, 3.63) is 71.0 Å². The maximum atomic E-state index is 13.9. The number of carboxylic acids is 2. The number of carbonyl (C=O) groups is 4. The lowest BCUT2D eigenvalue weighted by atomic mass is 9.96. The predicted molar refractivity (Wildman–Crippen MR) is 140 cm³/mol. The standard InChI is InChI=1S/C22H26FN5O2.2C2HF3O2/c1-13(21(29)27-11-14-7-8-17(20(24)25)18(23)9-14)28-22(30)19-10-16(12-26-19)15-5-3-2-4-6-15;2*3-2(4,5)1(6)7/h2-9,13,16,19,26H,10-12H2,1H3,(H3,24,25)(H,27,29)(H,28,30);2*(H,6,7)/t13-,16-,19+;;/m0../s1. The van der Waals surface area contributed by atoms with Crippen LogP contribution in [0.1, 0.15) is 36.0 Å². The second-order valence-electron chi connectivity index (χ2n) is 9.09. The largest absolute Gasteiger partial charge is 0.490 e. The maximum Gasteiger partial charge on any atom is 0.490 e. The molecule has 0 aliphatic carbocycles. The number of amidine groups is 1. The number of hydrogen-bond acceptors (Lipinski definition) is 6. The Morgan fingerprint density at radius 2 is 1.52 bits per heavy atom.